The minimum Gasteiger partial charge on any atom is -0.340 e. The van der Waals surface area contributed by atoms with Crippen molar-refractivity contribution in [1.29, 1.82) is 0 Å². The van der Waals surface area contributed by atoms with E-state index in [1.54, 1.807) is 0 Å². The van der Waals surface area contributed by atoms with Gasteiger partial charge in [0, 0.05) is 12.0 Å². The fraction of sp³-hybridized carbons (Fsp3) is 0.294. The highest BCUT2D eigenvalue weighted by atomic mass is 14.9. The van der Waals surface area contributed by atoms with E-state index >= 15 is 0 Å². The first kappa shape index (κ1) is 11.5. The third-order valence-electron chi connectivity index (χ3n) is 3.87. The normalized spacial score (nSPS) is 19.7. The van der Waals surface area contributed by atoms with Crippen molar-refractivity contribution in [1.82, 2.24) is 0 Å². The number of rotatable bonds is 2. The summed E-state index contributed by atoms with van der Waals surface area (Å²) in [5.74, 6) is 0. The Kier molecular flexibility index (Phi) is 3.42. The van der Waals surface area contributed by atoms with Crippen LogP contribution in [0.4, 0.5) is 0 Å². The highest BCUT2D eigenvalue weighted by molar-refractivity contribution is 5.63. The van der Waals surface area contributed by atoms with Crippen molar-refractivity contribution in [2.45, 2.75) is 25.3 Å². The fourth-order valence-electron chi connectivity index (χ4n) is 2.80. The summed E-state index contributed by atoms with van der Waals surface area (Å²) in [4.78, 5) is 0. The van der Waals surface area contributed by atoms with Crippen LogP contribution < -0.4 is 5.32 Å². The van der Waals surface area contributed by atoms with Crippen molar-refractivity contribution in [3.05, 3.63) is 60.2 Å². The summed E-state index contributed by atoms with van der Waals surface area (Å²) in [5, 5.41) is 2.49. The zero-order valence-corrected chi connectivity index (χ0v) is 10.7. The first-order chi connectivity index (χ1) is 8.93. The van der Waals surface area contributed by atoms with Crippen LogP contribution in [0.25, 0.3) is 11.1 Å². The van der Waals surface area contributed by atoms with Crippen LogP contribution in [0.1, 0.15) is 30.9 Å². The highest BCUT2D eigenvalue weighted by Gasteiger charge is 2.17. The van der Waals surface area contributed by atoms with Gasteiger partial charge < -0.3 is 5.32 Å². The third kappa shape index (κ3) is 2.46. The monoisotopic (exact) mass is 238 g/mol. The molecule has 1 saturated heterocycles. The van der Waals surface area contributed by atoms with E-state index in [9.17, 15) is 0 Å². The summed E-state index contributed by atoms with van der Waals surface area (Å²) >= 11 is 0. The van der Waals surface area contributed by atoms with Crippen LogP contribution in [0.15, 0.2) is 54.6 Å². The van der Waals surface area contributed by atoms with Gasteiger partial charge in [-0.15, -0.1) is 0 Å². The lowest BCUT2D eigenvalue weighted by Crippen LogP contribution is -2.86. The van der Waals surface area contributed by atoms with Gasteiger partial charge in [-0.25, -0.2) is 0 Å². The molecule has 0 bridgehead atoms. The molecular weight excluding hydrogens is 218 g/mol. The van der Waals surface area contributed by atoms with Gasteiger partial charge in [-0.05, 0) is 24.0 Å². The largest absolute Gasteiger partial charge is 0.340 e. The van der Waals surface area contributed by atoms with Crippen LogP contribution in [0.2, 0.25) is 0 Å². The summed E-state index contributed by atoms with van der Waals surface area (Å²) in [7, 11) is 0. The fourth-order valence-corrected chi connectivity index (χ4v) is 2.80. The number of piperidine rings is 1. The lowest BCUT2D eigenvalue weighted by atomic mass is 9.95. The second kappa shape index (κ2) is 5.36. The van der Waals surface area contributed by atoms with Gasteiger partial charge in [0.1, 0.15) is 6.04 Å². The van der Waals surface area contributed by atoms with Gasteiger partial charge in [0.15, 0.2) is 0 Å². The molecule has 92 valence electrons. The molecule has 0 saturated carbocycles. The second-order valence-electron chi connectivity index (χ2n) is 5.11. The Morgan fingerprint density at radius 3 is 2.17 bits per heavy atom. The lowest BCUT2D eigenvalue weighted by molar-refractivity contribution is -0.704. The average molecular weight is 238 g/mol. The van der Waals surface area contributed by atoms with Gasteiger partial charge in [0.2, 0.25) is 0 Å². The predicted molar refractivity (Wildman–Crippen MR) is 75.3 cm³/mol. The van der Waals surface area contributed by atoms with E-state index in [4.69, 9.17) is 0 Å². The number of nitrogens with two attached hydrogens (primary N) is 1. The average Bonchev–Trinajstić information content (AvgIpc) is 2.49. The molecule has 0 unspecified atom stereocenters. The SMILES string of the molecule is c1ccc(-c2ccc([C@H]3CCCC[NH2+]3)cc2)cc1. The Labute approximate surface area is 109 Å². The maximum atomic E-state index is 2.49. The molecule has 1 nitrogen and oxygen atoms in total. The lowest BCUT2D eigenvalue weighted by Gasteiger charge is -2.20. The molecule has 0 amide bonds. The number of quaternary nitrogens is 1. The molecule has 0 aromatic heterocycles. The minimum absolute atomic E-state index is 0.684. The summed E-state index contributed by atoms with van der Waals surface area (Å²) < 4.78 is 0. The van der Waals surface area contributed by atoms with Crippen LogP contribution in [-0.2, 0) is 0 Å². The molecular formula is C17H20N+. The zero-order chi connectivity index (χ0) is 12.2. The first-order valence-corrected chi connectivity index (χ1v) is 6.92. The van der Waals surface area contributed by atoms with Crippen molar-refractivity contribution in [3.63, 3.8) is 0 Å². The molecule has 2 N–H and O–H groups in total. The topological polar surface area (TPSA) is 16.6 Å². The van der Waals surface area contributed by atoms with E-state index in [1.807, 2.05) is 0 Å². The van der Waals surface area contributed by atoms with Crippen molar-refractivity contribution in [2.24, 2.45) is 0 Å². The minimum atomic E-state index is 0.684. The molecule has 1 aliphatic heterocycles. The van der Waals surface area contributed by atoms with E-state index in [0.717, 1.165) is 0 Å². The van der Waals surface area contributed by atoms with Crippen LogP contribution in [0, 0.1) is 0 Å². The van der Waals surface area contributed by atoms with E-state index in [1.165, 1.54) is 42.5 Å². The van der Waals surface area contributed by atoms with E-state index in [-0.39, 0.29) is 0 Å². The smallest absolute Gasteiger partial charge is 0.112 e. The van der Waals surface area contributed by atoms with E-state index in [2.05, 4.69) is 59.9 Å². The number of hydrogen-bond donors (Lipinski definition) is 1. The van der Waals surface area contributed by atoms with Crippen LogP contribution in [-0.4, -0.2) is 6.54 Å². The molecule has 18 heavy (non-hydrogen) atoms. The van der Waals surface area contributed by atoms with Gasteiger partial charge >= 0.3 is 0 Å². The predicted octanol–water partition coefficient (Wildman–Crippen LogP) is 3.14. The molecule has 1 fully saturated rings. The molecule has 0 aliphatic carbocycles. The molecule has 2 aromatic rings. The Balaban J connectivity index is 1.80. The van der Waals surface area contributed by atoms with Gasteiger partial charge in [-0.3, -0.25) is 0 Å². The number of benzene rings is 2. The molecule has 0 radical (unpaired) electrons. The van der Waals surface area contributed by atoms with Gasteiger partial charge in [-0.1, -0.05) is 54.6 Å². The van der Waals surface area contributed by atoms with E-state index in [0.29, 0.717) is 6.04 Å². The van der Waals surface area contributed by atoms with Crippen LogP contribution >= 0.6 is 0 Å². The molecule has 1 heterocycles. The Hall–Kier alpha value is -1.60. The summed E-state index contributed by atoms with van der Waals surface area (Å²) in [6.45, 7) is 1.28. The quantitative estimate of drug-likeness (QED) is 0.827. The van der Waals surface area contributed by atoms with E-state index < -0.39 is 0 Å². The van der Waals surface area contributed by atoms with Crippen LogP contribution in [0.5, 0.6) is 0 Å². The zero-order valence-electron chi connectivity index (χ0n) is 10.7. The Bertz CT molecular complexity index is 481. The molecule has 1 aliphatic rings. The molecule has 1 heteroatoms. The van der Waals surface area contributed by atoms with Crippen molar-refractivity contribution in [2.75, 3.05) is 6.54 Å². The standard InChI is InChI=1S/C17H19N/c1-2-6-14(7-3-1)15-9-11-16(12-10-15)17-8-4-5-13-18-17/h1-3,6-7,9-12,17-18H,4-5,8,13H2/p+1/t17-/m1/s1. The summed E-state index contributed by atoms with van der Waals surface area (Å²) in [5.41, 5.74) is 4.10. The van der Waals surface area contributed by atoms with Crippen molar-refractivity contribution >= 4 is 0 Å². The molecule has 1 atom stereocenters. The van der Waals surface area contributed by atoms with Crippen molar-refractivity contribution < 1.29 is 5.32 Å². The van der Waals surface area contributed by atoms with Crippen LogP contribution in [0.3, 0.4) is 0 Å². The number of hydrogen-bond acceptors (Lipinski definition) is 0. The van der Waals surface area contributed by atoms with Gasteiger partial charge in [0.05, 0.1) is 6.54 Å². The maximum Gasteiger partial charge on any atom is 0.112 e. The molecule has 3 rings (SSSR count). The highest BCUT2D eigenvalue weighted by Crippen LogP contribution is 2.23. The van der Waals surface area contributed by atoms with Crippen molar-refractivity contribution in [3.8, 4) is 11.1 Å². The second-order valence-corrected chi connectivity index (χ2v) is 5.11. The van der Waals surface area contributed by atoms with Gasteiger partial charge in [0.25, 0.3) is 0 Å². The summed E-state index contributed by atoms with van der Waals surface area (Å²) in [6.07, 6.45) is 4.07. The first-order valence-electron chi connectivity index (χ1n) is 6.92. The molecule has 0 spiro atoms. The Morgan fingerprint density at radius 1 is 0.778 bits per heavy atom. The van der Waals surface area contributed by atoms with Gasteiger partial charge in [-0.2, -0.15) is 0 Å². The maximum absolute atomic E-state index is 2.49. The Morgan fingerprint density at radius 2 is 1.50 bits per heavy atom. The summed E-state index contributed by atoms with van der Waals surface area (Å²) in [6, 6.07) is 20.4. The third-order valence-corrected chi connectivity index (χ3v) is 3.87. The molecule has 2 aromatic carbocycles.